The van der Waals surface area contributed by atoms with Gasteiger partial charge in [0.2, 0.25) is 5.69 Å². The summed E-state index contributed by atoms with van der Waals surface area (Å²) in [6.07, 6.45) is 8.83. The molecule has 1 heterocycles. The quantitative estimate of drug-likeness (QED) is 0.453. The minimum absolute atomic E-state index is 0.693. The lowest BCUT2D eigenvalue weighted by molar-refractivity contribution is -0.688. The average molecular weight is 250 g/mol. The average Bonchev–Trinajstić information content (AvgIpc) is 2.47. The van der Waals surface area contributed by atoms with Gasteiger partial charge in [-0.2, -0.15) is 4.57 Å². The summed E-state index contributed by atoms with van der Waals surface area (Å²) in [6.45, 7) is 4.54. The number of allylic oxidation sites excluding steroid dienone is 1. The number of hydrogen-bond donors (Lipinski definition) is 0. The summed E-state index contributed by atoms with van der Waals surface area (Å²) in [6, 6.07) is 13.6. The number of benzene rings is 1. The van der Waals surface area contributed by atoms with Crippen LogP contribution in [-0.2, 0) is 6.54 Å². The van der Waals surface area contributed by atoms with E-state index in [0.717, 1.165) is 24.1 Å². The van der Waals surface area contributed by atoms with E-state index in [1.165, 1.54) is 0 Å². The monoisotopic (exact) mass is 250 g/mol. The van der Waals surface area contributed by atoms with E-state index in [0.29, 0.717) is 5.56 Å². The molecule has 0 atom stereocenters. The molecule has 0 spiro atoms. The fourth-order valence-electron chi connectivity index (χ4n) is 1.81. The highest BCUT2D eigenvalue weighted by Gasteiger charge is 2.02. The molecule has 1 aromatic heterocycles. The van der Waals surface area contributed by atoms with E-state index in [1.54, 1.807) is 0 Å². The minimum atomic E-state index is 0.693. The van der Waals surface area contributed by atoms with E-state index in [4.69, 9.17) is 0 Å². The lowest BCUT2D eigenvalue weighted by atomic mass is 10.1. The molecule has 2 heteroatoms. The first kappa shape index (κ1) is 13.0. The molecule has 0 saturated carbocycles. The number of carbonyl (C=O) groups excluding carboxylic acids is 1. The van der Waals surface area contributed by atoms with Gasteiger partial charge in [-0.1, -0.05) is 30.8 Å². The molecular formula is C17H16NO+. The van der Waals surface area contributed by atoms with Crippen LogP contribution >= 0.6 is 0 Å². The van der Waals surface area contributed by atoms with Crippen molar-refractivity contribution in [3.8, 4) is 0 Å². The van der Waals surface area contributed by atoms with Crippen LogP contribution in [0.4, 0.5) is 0 Å². The third kappa shape index (κ3) is 3.49. The molecule has 94 valence electrons. The van der Waals surface area contributed by atoms with Crippen LogP contribution in [0.3, 0.4) is 0 Å². The second-order valence-electron chi connectivity index (χ2n) is 4.18. The Morgan fingerprint density at radius 1 is 1.00 bits per heavy atom. The van der Waals surface area contributed by atoms with E-state index in [-0.39, 0.29) is 0 Å². The van der Waals surface area contributed by atoms with Crippen LogP contribution in [0.1, 0.15) is 21.6 Å². The maximum atomic E-state index is 10.6. The van der Waals surface area contributed by atoms with Gasteiger partial charge in [-0.05, 0) is 23.8 Å². The molecule has 2 aromatic rings. The Hall–Kier alpha value is -2.48. The van der Waals surface area contributed by atoms with Crippen LogP contribution in [0, 0.1) is 0 Å². The third-order valence-electron chi connectivity index (χ3n) is 2.82. The van der Waals surface area contributed by atoms with Gasteiger partial charge in [0.05, 0.1) is 0 Å². The Balaban J connectivity index is 2.21. The van der Waals surface area contributed by atoms with Gasteiger partial charge in [0.1, 0.15) is 6.29 Å². The van der Waals surface area contributed by atoms with Gasteiger partial charge in [-0.15, -0.1) is 0 Å². The van der Waals surface area contributed by atoms with E-state index in [1.807, 2.05) is 54.7 Å². The Bertz CT molecular complexity index is 597. The maximum Gasteiger partial charge on any atom is 0.205 e. The number of carbonyl (C=O) groups is 1. The normalized spacial score (nSPS) is 10.5. The Morgan fingerprint density at radius 2 is 1.74 bits per heavy atom. The van der Waals surface area contributed by atoms with Gasteiger partial charge < -0.3 is 0 Å². The van der Waals surface area contributed by atoms with Crippen molar-refractivity contribution >= 4 is 18.4 Å². The Morgan fingerprint density at radius 3 is 2.42 bits per heavy atom. The smallest absolute Gasteiger partial charge is 0.205 e. The van der Waals surface area contributed by atoms with Crippen LogP contribution in [-0.4, -0.2) is 6.29 Å². The molecule has 0 unspecified atom stereocenters. The molecule has 0 bridgehead atoms. The summed E-state index contributed by atoms with van der Waals surface area (Å²) in [5.41, 5.74) is 2.88. The topological polar surface area (TPSA) is 20.9 Å². The van der Waals surface area contributed by atoms with E-state index in [2.05, 4.69) is 23.3 Å². The Kier molecular flexibility index (Phi) is 4.40. The largest absolute Gasteiger partial charge is 0.298 e. The second kappa shape index (κ2) is 6.45. The first-order valence-corrected chi connectivity index (χ1v) is 6.16. The number of aromatic nitrogens is 1. The van der Waals surface area contributed by atoms with Crippen molar-refractivity contribution in [2.75, 3.05) is 0 Å². The van der Waals surface area contributed by atoms with Crippen molar-refractivity contribution in [3.05, 3.63) is 78.1 Å². The molecule has 0 amide bonds. The summed E-state index contributed by atoms with van der Waals surface area (Å²) in [4.78, 5) is 10.6. The summed E-state index contributed by atoms with van der Waals surface area (Å²) >= 11 is 0. The second-order valence-corrected chi connectivity index (χ2v) is 4.18. The fourth-order valence-corrected chi connectivity index (χ4v) is 1.81. The van der Waals surface area contributed by atoms with Crippen molar-refractivity contribution in [2.45, 2.75) is 6.54 Å². The van der Waals surface area contributed by atoms with E-state index in [9.17, 15) is 4.79 Å². The summed E-state index contributed by atoms with van der Waals surface area (Å²) in [5.74, 6) is 0. The molecule has 2 nitrogen and oxygen atoms in total. The fraction of sp³-hybridized carbons (Fsp3) is 0.0588. The molecule has 0 saturated heterocycles. The lowest BCUT2D eigenvalue weighted by Gasteiger charge is -1.97. The number of hydrogen-bond acceptors (Lipinski definition) is 1. The summed E-state index contributed by atoms with van der Waals surface area (Å²) in [5, 5.41) is 0. The van der Waals surface area contributed by atoms with Gasteiger partial charge in [0.15, 0.2) is 12.7 Å². The van der Waals surface area contributed by atoms with Crippen molar-refractivity contribution in [3.63, 3.8) is 0 Å². The summed E-state index contributed by atoms with van der Waals surface area (Å²) in [7, 11) is 0. The molecular weight excluding hydrogens is 234 g/mol. The van der Waals surface area contributed by atoms with Gasteiger partial charge in [-0.25, -0.2) is 0 Å². The molecule has 0 N–H and O–H groups in total. The highest BCUT2D eigenvalue weighted by molar-refractivity contribution is 5.76. The zero-order valence-electron chi connectivity index (χ0n) is 10.7. The number of aldehydes is 1. The van der Waals surface area contributed by atoms with Crippen molar-refractivity contribution in [2.24, 2.45) is 0 Å². The number of pyridine rings is 1. The SMILES string of the molecule is C=CC[n+]1ccccc1C=Cc1ccc(C=O)cc1. The third-order valence-corrected chi connectivity index (χ3v) is 2.82. The lowest BCUT2D eigenvalue weighted by Crippen LogP contribution is -2.35. The van der Waals surface area contributed by atoms with Crippen molar-refractivity contribution < 1.29 is 9.36 Å². The zero-order chi connectivity index (χ0) is 13.5. The molecule has 19 heavy (non-hydrogen) atoms. The standard InChI is InChI=1S/C17H16NO/c1-2-12-18-13-4-3-5-17(18)11-10-15-6-8-16(14-19)9-7-15/h2-11,13-14H,1,12H2/q+1. The van der Waals surface area contributed by atoms with Crippen LogP contribution in [0.5, 0.6) is 0 Å². The summed E-state index contributed by atoms with van der Waals surface area (Å²) < 4.78 is 2.11. The molecule has 1 aromatic carbocycles. The molecule has 0 aliphatic heterocycles. The van der Waals surface area contributed by atoms with E-state index < -0.39 is 0 Å². The zero-order valence-corrected chi connectivity index (χ0v) is 10.7. The van der Waals surface area contributed by atoms with Gasteiger partial charge in [0, 0.05) is 23.8 Å². The minimum Gasteiger partial charge on any atom is -0.298 e. The first-order valence-electron chi connectivity index (χ1n) is 6.16. The number of rotatable bonds is 5. The molecule has 0 fully saturated rings. The first-order chi connectivity index (χ1) is 9.33. The van der Waals surface area contributed by atoms with Crippen molar-refractivity contribution in [1.82, 2.24) is 0 Å². The maximum absolute atomic E-state index is 10.6. The van der Waals surface area contributed by atoms with Gasteiger partial charge >= 0.3 is 0 Å². The highest BCUT2D eigenvalue weighted by Crippen LogP contribution is 2.07. The molecule has 2 rings (SSSR count). The molecule has 0 aliphatic rings. The predicted octanol–water partition coefficient (Wildman–Crippen LogP) is 3.14. The van der Waals surface area contributed by atoms with Crippen LogP contribution in [0.15, 0.2) is 61.3 Å². The van der Waals surface area contributed by atoms with E-state index >= 15 is 0 Å². The highest BCUT2D eigenvalue weighted by atomic mass is 16.1. The predicted molar refractivity (Wildman–Crippen MR) is 77.6 cm³/mol. The number of nitrogens with zero attached hydrogens (tertiary/aromatic N) is 1. The van der Waals surface area contributed by atoms with Crippen LogP contribution in [0.2, 0.25) is 0 Å². The van der Waals surface area contributed by atoms with Gasteiger partial charge in [-0.3, -0.25) is 4.79 Å². The van der Waals surface area contributed by atoms with Crippen LogP contribution in [0.25, 0.3) is 12.2 Å². The molecule has 0 aliphatic carbocycles. The van der Waals surface area contributed by atoms with Crippen LogP contribution < -0.4 is 4.57 Å². The molecule has 0 radical (unpaired) electrons. The van der Waals surface area contributed by atoms with Gasteiger partial charge in [0.25, 0.3) is 0 Å². The Labute approximate surface area is 113 Å². The van der Waals surface area contributed by atoms with Crippen molar-refractivity contribution in [1.29, 1.82) is 0 Å².